The van der Waals surface area contributed by atoms with Crippen molar-refractivity contribution in [3.8, 4) is 5.75 Å². The Morgan fingerprint density at radius 2 is 2.20 bits per heavy atom. The molecule has 1 fully saturated rings. The van der Waals surface area contributed by atoms with Gasteiger partial charge in [0.2, 0.25) is 0 Å². The van der Waals surface area contributed by atoms with Gasteiger partial charge < -0.3 is 10.5 Å². The molecular formula is C17H26N2O. The summed E-state index contributed by atoms with van der Waals surface area (Å²) in [6.07, 6.45) is 6.36. The van der Waals surface area contributed by atoms with Gasteiger partial charge in [-0.25, -0.2) is 0 Å². The highest BCUT2D eigenvalue weighted by molar-refractivity contribution is 5.42. The number of nitrogens with two attached hydrogens (primary N) is 1. The number of nitrogens with zero attached hydrogens (tertiary/aromatic N) is 1. The summed E-state index contributed by atoms with van der Waals surface area (Å²) in [6, 6.07) is 7.70. The first-order valence-electron chi connectivity index (χ1n) is 7.92. The quantitative estimate of drug-likeness (QED) is 0.921. The molecule has 3 heteroatoms. The van der Waals surface area contributed by atoms with Crippen LogP contribution in [-0.4, -0.2) is 30.6 Å². The number of benzene rings is 1. The maximum Gasteiger partial charge on any atom is 0.119 e. The van der Waals surface area contributed by atoms with Crippen LogP contribution < -0.4 is 10.5 Å². The van der Waals surface area contributed by atoms with Crippen molar-refractivity contribution in [1.82, 2.24) is 4.90 Å². The molecule has 0 bridgehead atoms. The molecular weight excluding hydrogens is 248 g/mol. The van der Waals surface area contributed by atoms with E-state index < -0.39 is 0 Å². The van der Waals surface area contributed by atoms with Crippen LogP contribution in [0.15, 0.2) is 18.2 Å². The van der Waals surface area contributed by atoms with Gasteiger partial charge in [0, 0.05) is 18.1 Å². The molecule has 3 unspecified atom stereocenters. The Hall–Kier alpha value is -1.06. The third-order valence-corrected chi connectivity index (χ3v) is 5.13. The molecule has 0 amide bonds. The van der Waals surface area contributed by atoms with E-state index in [4.69, 9.17) is 10.5 Å². The molecule has 1 saturated heterocycles. The van der Waals surface area contributed by atoms with E-state index >= 15 is 0 Å². The fourth-order valence-electron chi connectivity index (χ4n) is 3.98. The van der Waals surface area contributed by atoms with E-state index in [-0.39, 0.29) is 6.04 Å². The molecule has 1 aliphatic carbocycles. The molecule has 3 atom stereocenters. The average Bonchev–Trinajstić information content (AvgIpc) is 2.83. The van der Waals surface area contributed by atoms with Crippen molar-refractivity contribution in [3.05, 3.63) is 29.3 Å². The fraction of sp³-hybridized carbons (Fsp3) is 0.647. The Morgan fingerprint density at radius 3 is 2.95 bits per heavy atom. The smallest absolute Gasteiger partial charge is 0.119 e. The van der Waals surface area contributed by atoms with Gasteiger partial charge in [-0.15, -0.1) is 0 Å². The van der Waals surface area contributed by atoms with Crippen LogP contribution in [0.1, 0.15) is 49.8 Å². The molecule has 1 heterocycles. The van der Waals surface area contributed by atoms with E-state index in [1.54, 1.807) is 7.11 Å². The molecule has 0 saturated carbocycles. The lowest BCUT2D eigenvalue weighted by Crippen LogP contribution is -2.49. The molecule has 1 aliphatic heterocycles. The number of hydrogen-bond donors (Lipinski definition) is 1. The molecule has 2 aliphatic rings. The van der Waals surface area contributed by atoms with E-state index in [0.717, 1.165) is 18.2 Å². The van der Waals surface area contributed by atoms with Crippen molar-refractivity contribution in [2.24, 2.45) is 5.73 Å². The van der Waals surface area contributed by atoms with Gasteiger partial charge in [-0.2, -0.15) is 0 Å². The molecule has 20 heavy (non-hydrogen) atoms. The van der Waals surface area contributed by atoms with Crippen molar-refractivity contribution in [1.29, 1.82) is 0 Å². The summed E-state index contributed by atoms with van der Waals surface area (Å²) in [4.78, 5) is 2.68. The highest BCUT2D eigenvalue weighted by Crippen LogP contribution is 2.37. The van der Waals surface area contributed by atoms with Gasteiger partial charge in [0.1, 0.15) is 5.75 Å². The largest absolute Gasteiger partial charge is 0.497 e. The minimum Gasteiger partial charge on any atom is -0.497 e. The highest BCUT2D eigenvalue weighted by atomic mass is 16.5. The number of methoxy groups -OCH3 is 1. The first-order chi connectivity index (χ1) is 9.74. The predicted octanol–water partition coefficient (Wildman–Crippen LogP) is 2.88. The van der Waals surface area contributed by atoms with Crippen molar-refractivity contribution in [2.45, 2.75) is 57.2 Å². The molecule has 1 aromatic rings. The normalized spacial score (nSPS) is 30.2. The standard InChI is InChI=1S/C17H26N2O/c1-3-13-6-4-5-9-19(13)16-10-12-7-8-14(20-2)11-15(12)17(16)18/h7-8,11,13,16-17H,3-6,9-10,18H2,1-2H3. The number of piperidine rings is 1. The van der Waals surface area contributed by atoms with Crippen LogP contribution in [0.5, 0.6) is 5.75 Å². The molecule has 0 spiro atoms. The van der Waals surface area contributed by atoms with Gasteiger partial charge in [0.15, 0.2) is 0 Å². The lowest BCUT2D eigenvalue weighted by atomic mass is 9.95. The molecule has 3 rings (SSSR count). The Balaban J connectivity index is 1.83. The van der Waals surface area contributed by atoms with Gasteiger partial charge in [-0.3, -0.25) is 4.90 Å². The molecule has 2 N–H and O–H groups in total. The third-order valence-electron chi connectivity index (χ3n) is 5.13. The zero-order valence-electron chi connectivity index (χ0n) is 12.6. The van der Waals surface area contributed by atoms with Gasteiger partial charge in [0.05, 0.1) is 7.11 Å². The van der Waals surface area contributed by atoms with Gasteiger partial charge in [-0.1, -0.05) is 19.4 Å². The summed E-state index contributed by atoms with van der Waals surface area (Å²) in [7, 11) is 1.72. The van der Waals surface area contributed by atoms with E-state index in [2.05, 4.69) is 30.0 Å². The van der Waals surface area contributed by atoms with E-state index in [1.165, 1.54) is 43.4 Å². The molecule has 110 valence electrons. The third kappa shape index (κ3) is 2.33. The first kappa shape index (κ1) is 13.9. The second-order valence-electron chi connectivity index (χ2n) is 6.16. The van der Waals surface area contributed by atoms with Crippen molar-refractivity contribution < 1.29 is 4.74 Å². The minimum absolute atomic E-state index is 0.132. The Kier molecular flexibility index (Phi) is 3.99. The zero-order chi connectivity index (χ0) is 14.1. The predicted molar refractivity (Wildman–Crippen MR) is 82.1 cm³/mol. The summed E-state index contributed by atoms with van der Waals surface area (Å²) in [5, 5.41) is 0. The monoisotopic (exact) mass is 274 g/mol. The van der Waals surface area contributed by atoms with Gasteiger partial charge >= 0.3 is 0 Å². The fourth-order valence-corrected chi connectivity index (χ4v) is 3.98. The van der Waals surface area contributed by atoms with Crippen LogP contribution >= 0.6 is 0 Å². The average molecular weight is 274 g/mol. The maximum absolute atomic E-state index is 6.56. The van der Waals surface area contributed by atoms with E-state index in [1.807, 2.05) is 0 Å². The van der Waals surface area contributed by atoms with Crippen molar-refractivity contribution in [2.75, 3.05) is 13.7 Å². The van der Waals surface area contributed by atoms with Crippen LogP contribution in [0.3, 0.4) is 0 Å². The summed E-state index contributed by atoms with van der Waals surface area (Å²) < 4.78 is 5.34. The number of hydrogen-bond acceptors (Lipinski definition) is 3. The van der Waals surface area contributed by atoms with Crippen LogP contribution in [0.2, 0.25) is 0 Å². The summed E-state index contributed by atoms with van der Waals surface area (Å²) in [5.41, 5.74) is 9.26. The Morgan fingerprint density at radius 1 is 1.35 bits per heavy atom. The lowest BCUT2D eigenvalue weighted by Gasteiger charge is -2.41. The minimum atomic E-state index is 0.132. The Bertz CT molecular complexity index is 474. The molecule has 0 radical (unpaired) electrons. The van der Waals surface area contributed by atoms with E-state index in [9.17, 15) is 0 Å². The number of likely N-dealkylation sites (tertiary alicyclic amines) is 1. The number of fused-ring (bicyclic) bond motifs is 1. The SMILES string of the molecule is CCC1CCCCN1C1Cc2ccc(OC)cc2C1N. The number of rotatable bonds is 3. The van der Waals surface area contributed by atoms with Crippen LogP contribution in [0.4, 0.5) is 0 Å². The lowest BCUT2D eigenvalue weighted by molar-refractivity contribution is 0.0831. The van der Waals surface area contributed by atoms with Crippen LogP contribution in [0, 0.1) is 0 Å². The van der Waals surface area contributed by atoms with Crippen LogP contribution in [0.25, 0.3) is 0 Å². The highest BCUT2D eigenvalue weighted by Gasteiger charge is 2.37. The molecule has 1 aromatic carbocycles. The topological polar surface area (TPSA) is 38.5 Å². The molecule has 0 aromatic heterocycles. The summed E-state index contributed by atoms with van der Waals surface area (Å²) in [6.45, 7) is 3.52. The number of ether oxygens (including phenoxy) is 1. The summed E-state index contributed by atoms with van der Waals surface area (Å²) >= 11 is 0. The Labute approximate surface area is 122 Å². The van der Waals surface area contributed by atoms with Crippen molar-refractivity contribution in [3.63, 3.8) is 0 Å². The van der Waals surface area contributed by atoms with Crippen molar-refractivity contribution >= 4 is 0 Å². The van der Waals surface area contributed by atoms with Crippen LogP contribution in [-0.2, 0) is 6.42 Å². The zero-order valence-corrected chi connectivity index (χ0v) is 12.6. The second-order valence-corrected chi connectivity index (χ2v) is 6.16. The summed E-state index contributed by atoms with van der Waals surface area (Å²) in [5.74, 6) is 0.922. The maximum atomic E-state index is 6.56. The second kappa shape index (κ2) is 5.74. The van der Waals surface area contributed by atoms with Gasteiger partial charge in [0.25, 0.3) is 0 Å². The van der Waals surface area contributed by atoms with E-state index in [0.29, 0.717) is 6.04 Å². The first-order valence-corrected chi connectivity index (χ1v) is 7.92. The van der Waals surface area contributed by atoms with Gasteiger partial charge in [-0.05, 0) is 55.5 Å². The molecule has 3 nitrogen and oxygen atoms in total.